The van der Waals surface area contributed by atoms with Crippen molar-refractivity contribution in [3.05, 3.63) is 81.9 Å². The van der Waals surface area contributed by atoms with Crippen LogP contribution in [0.4, 0.5) is 10.2 Å². The Kier molecular flexibility index (Phi) is 4.04. The summed E-state index contributed by atoms with van der Waals surface area (Å²) in [6.45, 7) is 0. The molecule has 6 nitrogen and oxygen atoms in total. The number of hydrogen-bond donors (Lipinski definition) is 2. The van der Waals surface area contributed by atoms with Gasteiger partial charge in [-0.05, 0) is 48.5 Å². The van der Waals surface area contributed by atoms with Gasteiger partial charge in [0.05, 0.1) is 16.8 Å². The maximum absolute atomic E-state index is 13.0. The van der Waals surface area contributed by atoms with Crippen LogP contribution in [0.15, 0.2) is 69.2 Å². The van der Waals surface area contributed by atoms with E-state index in [9.17, 15) is 18.8 Å². The molecule has 27 heavy (non-hydrogen) atoms. The summed E-state index contributed by atoms with van der Waals surface area (Å²) in [6.07, 6.45) is 0. The van der Waals surface area contributed by atoms with Crippen LogP contribution in [0.2, 0.25) is 0 Å². The van der Waals surface area contributed by atoms with E-state index in [-0.39, 0.29) is 22.8 Å². The third-order valence-electron chi connectivity index (χ3n) is 4.10. The Morgan fingerprint density at radius 2 is 1.48 bits per heavy atom. The van der Waals surface area contributed by atoms with E-state index in [4.69, 9.17) is 5.73 Å². The molecular formula is C19H12FN3O3S. The van der Waals surface area contributed by atoms with E-state index < -0.39 is 17.4 Å². The van der Waals surface area contributed by atoms with Gasteiger partial charge in [-0.2, -0.15) is 0 Å². The van der Waals surface area contributed by atoms with Crippen molar-refractivity contribution in [1.29, 1.82) is 0 Å². The third kappa shape index (κ3) is 3.00. The van der Waals surface area contributed by atoms with Crippen LogP contribution in [0.3, 0.4) is 0 Å². The number of amides is 2. The number of nitrogens with one attached hydrogen (secondary N) is 1. The first-order valence-electron chi connectivity index (χ1n) is 7.89. The lowest BCUT2D eigenvalue weighted by Crippen LogP contribution is -2.24. The smallest absolute Gasteiger partial charge is 0.262 e. The average molecular weight is 381 g/mol. The van der Waals surface area contributed by atoms with Gasteiger partial charge in [0.1, 0.15) is 11.6 Å². The minimum Gasteiger partial charge on any atom is -0.384 e. The molecule has 0 spiro atoms. The highest BCUT2D eigenvalue weighted by Gasteiger charge is 2.31. The number of nitrogen functional groups attached to an aromatic ring is 1. The molecule has 3 aromatic rings. The standard InChI is InChI=1S/C19H12FN3O3S/c20-10-1-5-12(6-2-10)27-13-7-3-11(4-8-13)23-15(24)9-14-16(17(23)21)19(26)22-18(14)25/h1-9H,21H2,(H,22,25,26). The van der Waals surface area contributed by atoms with E-state index in [0.717, 1.165) is 15.9 Å². The van der Waals surface area contributed by atoms with Crippen molar-refractivity contribution in [2.75, 3.05) is 5.73 Å². The number of fused-ring (bicyclic) bond motifs is 1. The number of benzene rings is 2. The van der Waals surface area contributed by atoms with Gasteiger partial charge < -0.3 is 5.73 Å². The first-order valence-corrected chi connectivity index (χ1v) is 8.71. The van der Waals surface area contributed by atoms with E-state index in [1.54, 1.807) is 36.4 Å². The molecule has 2 amide bonds. The van der Waals surface area contributed by atoms with E-state index in [1.165, 1.54) is 28.5 Å². The summed E-state index contributed by atoms with van der Waals surface area (Å²) >= 11 is 1.44. The molecule has 2 heterocycles. The molecule has 3 N–H and O–H groups in total. The van der Waals surface area contributed by atoms with Gasteiger partial charge in [0.25, 0.3) is 17.4 Å². The van der Waals surface area contributed by atoms with Crippen LogP contribution in [-0.2, 0) is 0 Å². The molecule has 0 aliphatic carbocycles. The topological polar surface area (TPSA) is 94.2 Å². The maximum atomic E-state index is 13.0. The van der Waals surface area contributed by atoms with Gasteiger partial charge in [-0.3, -0.25) is 24.3 Å². The average Bonchev–Trinajstić information content (AvgIpc) is 2.92. The Balaban J connectivity index is 1.70. The summed E-state index contributed by atoms with van der Waals surface area (Å²) in [5.74, 6) is -1.63. The van der Waals surface area contributed by atoms with Crippen LogP contribution in [0.1, 0.15) is 20.7 Å². The molecule has 1 aliphatic rings. The molecule has 0 saturated heterocycles. The van der Waals surface area contributed by atoms with Gasteiger partial charge >= 0.3 is 0 Å². The summed E-state index contributed by atoms with van der Waals surface area (Å²) in [5, 5.41) is 2.13. The van der Waals surface area contributed by atoms with Crippen LogP contribution in [0.25, 0.3) is 5.69 Å². The number of aromatic nitrogens is 1. The van der Waals surface area contributed by atoms with Crippen molar-refractivity contribution < 1.29 is 14.0 Å². The fraction of sp³-hybridized carbons (Fsp3) is 0. The van der Waals surface area contributed by atoms with Crippen LogP contribution in [0.5, 0.6) is 0 Å². The van der Waals surface area contributed by atoms with Gasteiger partial charge in [-0.15, -0.1) is 0 Å². The third-order valence-corrected chi connectivity index (χ3v) is 5.11. The number of halogens is 1. The zero-order valence-electron chi connectivity index (χ0n) is 13.7. The summed E-state index contributed by atoms with van der Waals surface area (Å²) < 4.78 is 14.2. The van der Waals surface area contributed by atoms with Crippen molar-refractivity contribution in [3.63, 3.8) is 0 Å². The molecule has 0 fully saturated rings. The van der Waals surface area contributed by atoms with Crippen LogP contribution in [0, 0.1) is 5.82 Å². The van der Waals surface area contributed by atoms with Crippen molar-refractivity contribution in [3.8, 4) is 5.69 Å². The molecule has 8 heteroatoms. The predicted molar refractivity (Wildman–Crippen MR) is 98.8 cm³/mol. The van der Waals surface area contributed by atoms with Crippen LogP contribution < -0.4 is 16.6 Å². The van der Waals surface area contributed by atoms with Crippen molar-refractivity contribution in [2.45, 2.75) is 9.79 Å². The van der Waals surface area contributed by atoms with E-state index in [0.29, 0.717) is 5.69 Å². The lowest BCUT2D eigenvalue weighted by atomic mass is 10.1. The SMILES string of the molecule is Nc1c2c(cc(=O)n1-c1ccc(Sc3ccc(F)cc3)cc1)C(=O)NC2=O. The Morgan fingerprint density at radius 3 is 2.11 bits per heavy atom. The number of anilines is 1. The van der Waals surface area contributed by atoms with Crippen molar-refractivity contribution >= 4 is 29.4 Å². The Morgan fingerprint density at radius 1 is 0.889 bits per heavy atom. The zero-order chi connectivity index (χ0) is 19.1. The van der Waals surface area contributed by atoms with Crippen LogP contribution >= 0.6 is 11.8 Å². The highest BCUT2D eigenvalue weighted by atomic mass is 32.2. The monoisotopic (exact) mass is 381 g/mol. The fourth-order valence-corrected chi connectivity index (χ4v) is 3.66. The molecule has 0 unspecified atom stereocenters. The quantitative estimate of drug-likeness (QED) is 0.680. The number of carbonyl (C=O) groups excluding carboxylic acids is 2. The van der Waals surface area contributed by atoms with E-state index in [2.05, 4.69) is 5.32 Å². The molecule has 0 atom stereocenters. The molecule has 1 aliphatic heterocycles. The molecule has 2 aromatic carbocycles. The summed E-state index contributed by atoms with van der Waals surface area (Å²) in [5.41, 5.74) is 5.96. The highest BCUT2D eigenvalue weighted by molar-refractivity contribution is 7.99. The molecule has 0 radical (unpaired) electrons. The number of imide groups is 1. The molecular weight excluding hydrogens is 369 g/mol. The first-order chi connectivity index (χ1) is 12.9. The lowest BCUT2D eigenvalue weighted by molar-refractivity contribution is 0.0880. The molecule has 0 bridgehead atoms. The number of nitrogens with two attached hydrogens (primary N) is 1. The van der Waals surface area contributed by atoms with E-state index in [1.807, 2.05) is 0 Å². The predicted octanol–water partition coefficient (Wildman–Crippen LogP) is 2.59. The minimum absolute atomic E-state index is 0.00404. The Hall–Kier alpha value is -3.39. The molecule has 4 rings (SSSR count). The van der Waals surface area contributed by atoms with Gasteiger partial charge in [0, 0.05) is 15.9 Å². The van der Waals surface area contributed by atoms with Gasteiger partial charge in [-0.25, -0.2) is 4.39 Å². The molecule has 134 valence electrons. The Labute approximate surface area is 156 Å². The number of hydrogen-bond acceptors (Lipinski definition) is 5. The summed E-state index contributed by atoms with van der Waals surface area (Å²) in [4.78, 5) is 37.8. The fourth-order valence-electron chi connectivity index (χ4n) is 2.85. The minimum atomic E-state index is -0.628. The molecule has 1 aromatic heterocycles. The summed E-state index contributed by atoms with van der Waals surface area (Å²) in [6, 6.07) is 14.2. The van der Waals surface area contributed by atoms with Crippen LogP contribution in [-0.4, -0.2) is 16.4 Å². The second-order valence-corrected chi connectivity index (χ2v) is 6.97. The highest BCUT2D eigenvalue weighted by Crippen LogP contribution is 2.29. The number of nitrogens with zero attached hydrogens (tertiary/aromatic N) is 1. The zero-order valence-corrected chi connectivity index (χ0v) is 14.5. The normalized spacial score (nSPS) is 12.8. The van der Waals surface area contributed by atoms with Gasteiger partial charge in [0.15, 0.2) is 0 Å². The summed E-state index contributed by atoms with van der Waals surface area (Å²) in [7, 11) is 0. The second-order valence-electron chi connectivity index (χ2n) is 5.83. The van der Waals surface area contributed by atoms with Gasteiger partial charge in [0.2, 0.25) is 0 Å². The van der Waals surface area contributed by atoms with Gasteiger partial charge in [-0.1, -0.05) is 11.8 Å². The first kappa shape index (κ1) is 17.0. The second kappa shape index (κ2) is 6.40. The van der Waals surface area contributed by atoms with E-state index >= 15 is 0 Å². The lowest BCUT2D eigenvalue weighted by Gasteiger charge is -2.12. The number of rotatable bonds is 3. The molecule has 0 saturated carbocycles. The van der Waals surface area contributed by atoms with Crippen molar-refractivity contribution in [2.24, 2.45) is 0 Å². The Bertz CT molecular complexity index is 1140. The largest absolute Gasteiger partial charge is 0.384 e. The number of pyridine rings is 1. The maximum Gasteiger partial charge on any atom is 0.262 e. The number of carbonyl (C=O) groups is 2. The van der Waals surface area contributed by atoms with Crippen molar-refractivity contribution in [1.82, 2.24) is 9.88 Å².